The number of nitrogens with one attached hydrogen (secondary N) is 1. The number of anilines is 1. The number of carbonyl (C=O) groups is 1. The van der Waals surface area contributed by atoms with Crippen LogP contribution in [0, 0.1) is 5.82 Å². The van der Waals surface area contributed by atoms with Crippen molar-refractivity contribution in [3.05, 3.63) is 63.4 Å². The molecule has 0 amide bonds. The highest BCUT2D eigenvalue weighted by atomic mass is 35.5. The van der Waals surface area contributed by atoms with Gasteiger partial charge in [-0.1, -0.05) is 23.2 Å². The van der Waals surface area contributed by atoms with Gasteiger partial charge in [0.15, 0.2) is 0 Å². The highest BCUT2D eigenvalue weighted by Gasteiger charge is 2.13. The van der Waals surface area contributed by atoms with Crippen molar-refractivity contribution in [1.82, 2.24) is 0 Å². The van der Waals surface area contributed by atoms with Gasteiger partial charge >= 0.3 is 5.97 Å². The summed E-state index contributed by atoms with van der Waals surface area (Å²) in [5.74, 6) is -1.13. The SMILES string of the molecule is COC(=O)c1cc(F)ccc1NCc1cc(Cl)ccc1Cl. The summed E-state index contributed by atoms with van der Waals surface area (Å²) < 4.78 is 17.9. The van der Waals surface area contributed by atoms with Crippen molar-refractivity contribution in [3.8, 4) is 0 Å². The molecule has 0 heterocycles. The Morgan fingerprint density at radius 1 is 1.24 bits per heavy atom. The van der Waals surface area contributed by atoms with Crippen LogP contribution in [0.5, 0.6) is 0 Å². The average molecular weight is 328 g/mol. The van der Waals surface area contributed by atoms with Crippen LogP contribution in [0.15, 0.2) is 36.4 Å². The molecule has 0 aliphatic heterocycles. The molecule has 0 radical (unpaired) electrons. The molecular weight excluding hydrogens is 316 g/mol. The van der Waals surface area contributed by atoms with Crippen molar-refractivity contribution in [2.45, 2.75) is 6.54 Å². The molecule has 0 aliphatic rings. The van der Waals surface area contributed by atoms with Gasteiger partial charge in [0, 0.05) is 22.3 Å². The van der Waals surface area contributed by atoms with E-state index in [0.29, 0.717) is 22.3 Å². The van der Waals surface area contributed by atoms with Crippen LogP contribution < -0.4 is 5.32 Å². The van der Waals surface area contributed by atoms with Crippen molar-refractivity contribution >= 4 is 34.9 Å². The normalized spacial score (nSPS) is 10.3. The summed E-state index contributed by atoms with van der Waals surface area (Å²) in [6.07, 6.45) is 0. The van der Waals surface area contributed by atoms with Gasteiger partial charge < -0.3 is 10.1 Å². The molecule has 3 nitrogen and oxygen atoms in total. The molecule has 0 saturated carbocycles. The lowest BCUT2D eigenvalue weighted by Gasteiger charge is -2.12. The zero-order valence-electron chi connectivity index (χ0n) is 11.1. The molecule has 6 heteroatoms. The van der Waals surface area contributed by atoms with Crippen molar-refractivity contribution in [3.63, 3.8) is 0 Å². The number of esters is 1. The van der Waals surface area contributed by atoms with E-state index in [1.807, 2.05) is 0 Å². The minimum Gasteiger partial charge on any atom is -0.465 e. The van der Waals surface area contributed by atoms with Gasteiger partial charge in [0.25, 0.3) is 0 Å². The number of hydrogen-bond donors (Lipinski definition) is 1. The Labute approximate surface area is 131 Å². The third-order valence-electron chi connectivity index (χ3n) is 2.86. The topological polar surface area (TPSA) is 38.3 Å². The van der Waals surface area contributed by atoms with Gasteiger partial charge in [0.1, 0.15) is 5.82 Å². The van der Waals surface area contributed by atoms with Gasteiger partial charge in [-0.25, -0.2) is 9.18 Å². The number of hydrogen-bond acceptors (Lipinski definition) is 3. The molecule has 0 unspecified atom stereocenters. The summed E-state index contributed by atoms with van der Waals surface area (Å²) in [6.45, 7) is 0.342. The molecule has 110 valence electrons. The Morgan fingerprint density at radius 3 is 2.71 bits per heavy atom. The maximum absolute atomic E-state index is 13.2. The van der Waals surface area contributed by atoms with Crippen molar-refractivity contribution in [2.24, 2.45) is 0 Å². The van der Waals surface area contributed by atoms with E-state index in [1.165, 1.54) is 19.2 Å². The summed E-state index contributed by atoms with van der Waals surface area (Å²) in [4.78, 5) is 11.6. The van der Waals surface area contributed by atoms with E-state index in [-0.39, 0.29) is 5.56 Å². The van der Waals surface area contributed by atoms with Crippen LogP contribution >= 0.6 is 23.2 Å². The van der Waals surface area contributed by atoms with Gasteiger partial charge in [-0.15, -0.1) is 0 Å². The fraction of sp³-hybridized carbons (Fsp3) is 0.133. The number of rotatable bonds is 4. The summed E-state index contributed by atoms with van der Waals surface area (Å²) in [5.41, 5.74) is 1.35. The predicted molar refractivity (Wildman–Crippen MR) is 81.5 cm³/mol. The number of methoxy groups -OCH3 is 1. The molecule has 2 aromatic rings. The summed E-state index contributed by atoms with van der Waals surface area (Å²) in [7, 11) is 1.24. The molecule has 0 bridgehead atoms. The molecule has 0 aromatic heterocycles. The van der Waals surface area contributed by atoms with Crippen molar-refractivity contribution in [2.75, 3.05) is 12.4 Å². The van der Waals surface area contributed by atoms with E-state index in [0.717, 1.165) is 11.6 Å². The second-order valence-corrected chi connectivity index (χ2v) is 5.11. The number of benzene rings is 2. The molecule has 21 heavy (non-hydrogen) atoms. The highest BCUT2D eigenvalue weighted by molar-refractivity contribution is 6.33. The Balaban J connectivity index is 2.24. The lowest BCUT2D eigenvalue weighted by molar-refractivity contribution is 0.0601. The monoisotopic (exact) mass is 327 g/mol. The summed E-state index contributed by atoms with van der Waals surface area (Å²) in [5, 5.41) is 4.14. The first kappa shape index (κ1) is 15.6. The van der Waals surface area contributed by atoms with Gasteiger partial charge in [-0.2, -0.15) is 0 Å². The predicted octanol–water partition coefficient (Wildman–Crippen LogP) is 4.53. The second-order valence-electron chi connectivity index (χ2n) is 4.27. The molecule has 0 spiro atoms. The quantitative estimate of drug-likeness (QED) is 0.838. The minimum atomic E-state index is -0.616. The fourth-order valence-corrected chi connectivity index (χ4v) is 2.20. The van der Waals surface area contributed by atoms with E-state index in [4.69, 9.17) is 23.2 Å². The summed E-state index contributed by atoms with van der Waals surface area (Å²) >= 11 is 12.0. The van der Waals surface area contributed by atoms with Crippen molar-refractivity contribution < 1.29 is 13.9 Å². The Bertz CT molecular complexity index is 677. The Hall–Kier alpha value is -1.78. The molecule has 0 atom stereocenters. The van der Waals surface area contributed by atoms with E-state index >= 15 is 0 Å². The number of halogens is 3. The van der Waals surface area contributed by atoms with Crippen LogP contribution in [0.3, 0.4) is 0 Å². The Kier molecular flexibility index (Phi) is 5.04. The largest absolute Gasteiger partial charge is 0.465 e. The number of carbonyl (C=O) groups excluding carboxylic acids is 1. The smallest absolute Gasteiger partial charge is 0.340 e. The van der Waals surface area contributed by atoms with Gasteiger partial charge in [0.2, 0.25) is 0 Å². The third kappa shape index (κ3) is 3.86. The van der Waals surface area contributed by atoms with Crippen LogP contribution in [0.4, 0.5) is 10.1 Å². The second kappa shape index (κ2) is 6.78. The van der Waals surface area contributed by atoms with Crippen LogP contribution in [0.25, 0.3) is 0 Å². The minimum absolute atomic E-state index is 0.121. The molecule has 0 aliphatic carbocycles. The first-order valence-electron chi connectivity index (χ1n) is 6.07. The molecule has 0 fully saturated rings. The highest BCUT2D eigenvalue weighted by Crippen LogP contribution is 2.23. The fourth-order valence-electron chi connectivity index (χ4n) is 1.82. The first-order chi connectivity index (χ1) is 10.0. The molecule has 2 aromatic carbocycles. The van der Waals surface area contributed by atoms with E-state index in [1.54, 1.807) is 18.2 Å². The zero-order valence-corrected chi connectivity index (χ0v) is 12.6. The van der Waals surface area contributed by atoms with E-state index < -0.39 is 11.8 Å². The van der Waals surface area contributed by atoms with Crippen LogP contribution in [-0.4, -0.2) is 13.1 Å². The van der Waals surface area contributed by atoms with Crippen molar-refractivity contribution in [1.29, 1.82) is 0 Å². The molecular formula is C15H12Cl2FNO2. The standard InChI is InChI=1S/C15H12Cl2FNO2/c1-21-15(20)12-7-11(18)3-5-14(12)19-8-9-6-10(16)2-4-13(9)17/h2-7,19H,8H2,1H3. The van der Waals surface area contributed by atoms with Crippen LogP contribution in [0.2, 0.25) is 10.0 Å². The zero-order chi connectivity index (χ0) is 15.4. The van der Waals surface area contributed by atoms with Crippen LogP contribution in [-0.2, 0) is 11.3 Å². The maximum atomic E-state index is 13.2. The van der Waals surface area contributed by atoms with Gasteiger partial charge in [0.05, 0.1) is 12.7 Å². The molecule has 0 saturated heterocycles. The van der Waals surface area contributed by atoms with Gasteiger partial charge in [-0.05, 0) is 42.0 Å². The molecule has 2 rings (SSSR count). The third-order valence-corrected chi connectivity index (χ3v) is 3.47. The van der Waals surface area contributed by atoms with E-state index in [9.17, 15) is 9.18 Å². The number of ether oxygens (including phenoxy) is 1. The van der Waals surface area contributed by atoms with E-state index in [2.05, 4.69) is 10.1 Å². The molecule has 1 N–H and O–H groups in total. The first-order valence-corrected chi connectivity index (χ1v) is 6.82. The lowest BCUT2D eigenvalue weighted by Crippen LogP contribution is -2.09. The van der Waals surface area contributed by atoms with Crippen LogP contribution in [0.1, 0.15) is 15.9 Å². The average Bonchev–Trinajstić information content (AvgIpc) is 2.48. The lowest BCUT2D eigenvalue weighted by atomic mass is 10.1. The summed E-state index contributed by atoms with van der Waals surface area (Å²) in [6, 6.07) is 8.94. The Morgan fingerprint density at radius 2 is 2.00 bits per heavy atom. The van der Waals surface area contributed by atoms with Gasteiger partial charge in [-0.3, -0.25) is 0 Å². The maximum Gasteiger partial charge on any atom is 0.340 e.